The molecular formula is C30H41N9O2. The highest BCUT2D eigenvalue weighted by molar-refractivity contribution is 6.02. The van der Waals surface area contributed by atoms with Crippen molar-refractivity contribution in [1.82, 2.24) is 24.8 Å². The lowest BCUT2D eigenvalue weighted by Crippen LogP contribution is -2.29. The van der Waals surface area contributed by atoms with E-state index in [1.807, 2.05) is 47.1 Å². The summed E-state index contributed by atoms with van der Waals surface area (Å²) in [5, 5.41) is 6.24. The second-order valence-corrected chi connectivity index (χ2v) is 11.2. The summed E-state index contributed by atoms with van der Waals surface area (Å²) in [7, 11) is 6.03. The predicted molar refractivity (Wildman–Crippen MR) is 165 cm³/mol. The van der Waals surface area contributed by atoms with Crippen LogP contribution in [0.15, 0.2) is 37.2 Å². The second kappa shape index (κ2) is 12.1. The van der Waals surface area contributed by atoms with Gasteiger partial charge in [0.1, 0.15) is 12.1 Å². The highest BCUT2D eigenvalue weighted by atomic mass is 16.5. The van der Waals surface area contributed by atoms with Gasteiger partial charge in [0.15, 0.2) is 0 Å². The van der Waals surface area contributed by atoms with Crippen molar-refractivity contribution in [1.29, 1.82) is 0 Å². The standard InChI is InChI=1S/C30H41N9O2/c1-10-26(40)34-21-15-22(25(41-11-2)16-23(21)38(9)13-12-37(7)8)35-28-31-18-32-29(36-28)39-17-30(5,6)27-24(39)14-19(3)20(4)33-27/h10,14-16,18H,1,11-13,17H2,2-9H3,(H,34,40)(H,31,32,35,36). The van der Waals surface area contributed by atoms with Crippen LogP contribution in [0.3, 0.4) is 0 Å². The van der Waals surface area contributed by atoms with Crippen LogP contribution in [0.25, 0.3) is 0 Å². The smallest absolute Gasteiger partial charge is 0.247 e. The van der Waals surface area contributed by atoms with E-state index in [1.165, 1.54) is 12.4 Å². The van der Waals surface area contributed by atoms with Gasteiger partial charge in [-0.1, -0.05) is 20.4 Å². The average molecular weight is 560 g/mol. The number of carbonyl (C=O) groups is 1. The molecule has 3 aromatic rings. The van der Waals surface area contributed by atoms with Crippen LogP contribution in [0.1, 0.15) is 37.7 Å². The maximum atomic E-state index is 12.3. The van der Waals surface area contributed by atoms with E-state index in [4.69, 9.17) is 14.7 Å². The van der Waals surface area contributed by atoms with Crippen LogP contribution in [-0.4, -0.2) is 78.1 Å². The zero-order chi connectivity index (χ0) is 29.9. The van der Waals surface area contributed by atoms with Crippen molar-refractivity contribution in [3.05, 3.63) is 54.1 Å². The lowest BCUT2D eigenvalue weighted by atomic mass is 9.91. The number of rotatable bonds is 11. The van der Waals surface area contributed by atoms with Gasteiger partial charge in [-0.2, -0.15) is 4.98 Å². The van der Waals surface area contributed by atoms with Crippen LogP contribution in [-0.2, 0) is 10.2 Å². The Morgan fingerprint density at radius 3 is 2.56 bits per heavy atom. The first kappa shape index (κ1) is 29.7. The number of nitrogens with zero attached hydrogens (tertiary/aromatic N) is 7. The van der Waals surface area contributed by atoms with Crippen LogP contribution in [0.5, 0.6) is 5.75 Å². The normalized spacial score (nSPS) is 13.6. The first-order valence-corrected chi connectivity index (χ1v) is 13.8. The minimum atomic E-state index is -0.306. The minimum Gasteiger partial charge on any atom is -0.492 e. The topological polar surface area (TPSA) is 112 Å². The van der Waals surface area contributed by atoms with E-state index in [1.54, 1.807) is 0 Å². The molecule has 0 spiro atoms. The number of hydrogen-bond acceptors (Lipinski definition) is 10. The number of benzene rings is 1. The number of hydrogen-bond donors (Lipinski definition) is 2. The van der Waals surface area contributed by atoms with E-state index in [2.05, 4.69) is 68.7 Å². The quantitative estimate of drug-likeness (QED) is 0.324. The van der Waals surface area contributed by atoms with Crippen molar-refractivity contribution in [3.8, 4) is 5.75 Å². The monoisotopic (exact) mass is 559 g/mol. The Morgan fingerprint density at radius 2 is 1.88 bits per heavy atom. The van der Waals surface area contributed by atoms with E-state index < -0.39 is 0 Å². The molecule has 1 aliphatic heterocycles. The average Bonchev–Trinajstić information content (AvgIpc) is 3.18. The zero-order valence-electron chi connectivity index (χ0n) is 25.4. The molecule has 1 amide bonds. The summed E-state index contributed by atoms with van der Waals surface area (Å²) in [4.78, 5) is 37.2. The molecule has 2 aromatic heterocycles. The van der Waals surface area contributed by atoms with Crippen molar-refractivity contribution in [2.45, 2.75) is 40.0 Å². The van der Waals surface area contributed by atoms with Crippen LogP contribution in [0.4, 0.5) is 34.6 Å². The maximum Gasteiger partial charge on any atom is 0.247 e. The molecule has 3 heterocycles. The first-order valence-electron chi connectivity index (χ1n) is 13.8. The molecule has 11 heteroatoms. The number of amides is 1. The summed E-state index contributed by atoms with van der Waals surface area (Å²) in [6.45, 7) is 16.7. The molecule has 0 saturated carbocycles. The molecule has 4 rings (SSSR count). The third-order valence-corrected chi connectivity index (χ3v) is 7.11. The highest BCUT2D eigenvalue weighted by Gasteiger charge is 2.39. The summed E-state index contributed by atoms with van der Waals surface area (Å²) < 4.78 is 6.02. The van der Waals surface area contributed by atoms with Gasteiger partial charge in [-0.25, -0.2) is 9.97 Å². The number of carbonyl (C=O) groups excluding carboxylic acids is 1. The third kappa shape index (κ3) is 6.57. The molecule has 11 nitrogen and oxygen atoms in total. The summed E-state index contributed by atoms with van der Waals surface area (Å²) in [6.07, 6.45) is 2.74. The van der Waals surface area contributed by atoms with Crippen LogP contribution < -0.4 is 25.2 Å². The van der Waals surface area contributed by atoms with Crippen molar-refractivity contribution >= 4 is 40.6 Å². The number of fused-ring (bicyclic) bond motifs is 1. The number of aryl methyl sites for hydroxylation is 2. The number of ether oxygens (including phenoxy) is 1. The van der Waals surface area contributed by atoms with Crippen LogP contribution in [0.2, 0.25) is 0 Å². The Kier molecular flexibility index (Phi) is 8.77. The van der Waals surface area contributed by atoms with Gasteiger partial charge in [0.2, 0.25) is 17.8 Å². The van der Waals surface area contributed by atoms with Gasteiger partial charge < -0.3 is 30.1 Å². The van der Waals surface area contributed by atoms with Gasteiger partial charge in [0, 0.05) is 43.9 Å². The maximum absolute atomic E-state index is 12.3. The number of likely N-dealkylation sites (N-methyl/N-ethyl adjacent to an activating group) is 2. The van der Waals surface area contributed by atoms with Gasteiger partial charge in [-0.05, 0) is 58.6 Å². The molecule has 0 aliphatic carbocycles. The highest BCUT2D eigenvalue weighted by Crippen LogP contribution is 2.43. The predicted octanol–water partition coefficient (Wildman–Crippen LogP) is 4.58. The van der Waals surface area contributed by atoms with Crippen LogP contribution in [0, 0.1) is 13.8 Å². The molecule has 0 fully saturated rings. The first-order chi connectivity index (χ1) is 19.4. The molecule has 1 aromatic carbocycles. The second-order valence-electron chi connectivity index (χ2n) is 11.2. The summed E-state index contributed by atoms with van der Waals surface area (Å²) >= 11 is 0. The molecule has 41 heavy (non-hydrogen) atoms. The van der Waals surface area contributed by atoms with Crippen molar-refractivity contribution in [2.24, 2.45) is 0 Å². The van der Waals surface area contributed by atoms with E-state index in [0.717, 1.165) is 41.4 Å². The fourth-order valence-electron chi connectivity index (χ4n) is 4.74. The van der Waals surface area contributed by atoms with E-state index >= 15 is 0 Å². The van der Waals surface area contributed by atoms with Crippen LogP contribution >= 0.6 is 0 Å². The number of anilines is 6. The SMILES string of the molecule is C=CC(=O)Nc1cc(Nc2ncnc(N3CC(C)(C)c4nc(C)c(C)cc43)n2)c(OCC)cc1N(C)CCN(C)C. The van der Waals surface area contributed by atoms with Gasteiger partial charge in [0.25, 0.3) is 0 Å². The van der Waals surface area contributed by atoms with Crippen molar-refractivity contribution in [3.63, 3.8) is 0 Å². The van der Waals surface area contributed by atoms with Crippen molar-refractivity contribution in [2.75, 3.05) is 67.8 Å². The molecule has 0 atom stereocenters. The minimum absolute atomic E-state index is 0.164. The molecule has 0 saturated heterocycles. The van der Waals surface area contributed by atoms with Gasteiger partial charge in [-0.3, -0.25) is 9.78 Å². The molecule has 218 valence electrons. The summed E-state index contributed by atoms with van der Waals surface area (Å²) in [5.41, 5.74) is 6.06. The fraction of sp³-hybridized carbons (Fsp3) is 0.433. The van der Waals surface area contributed by atoms with Gasteiger partial charge >= 0.3 is 0 Å². The Hall–Kier alpha value is -4.25. The molecule has 0 unspecified atom stereocenters. The number of pyridine rings is 1. The molecule has 2 N–H and O–H groups in total. The number of nitrogens with one attached hydrogen (secondary N) is 2. The number of aromatic nitrogens is 4. The Bertz CT molecular complexity index is 1440. The Labute approximate surface area is 242 Å². The van der Waals surface area contributed by atoms with Crippen molar-refractivity contribution < 1.29 is 9.53 Å². The lowest BCUT2D eigenvalue weighted by Gasteiger charge is -2.26. The van der Waals surface area contributed by atoms with E-state index in [-0.39, 0.29) is 11.3 Å². The Balaban J connectivity index is 1.71. The largest absolute Gasteiger partial charge is 0.492 e. The fourth-order valence-corrected chi connectivity index (χ4v) is 4.74. The molecule has 1 aliphatic rings. The summed E-state index contributed by atoms with van der Waals surface area (Å²) in [5.74, 6) is 1.19. The van der Waals surface area contributed by atoms with Gasteiger partial charge in [0.05, 0.1) is 35.1 Å². The molecule has 0 radical (unpaired) electrons. The Morgan fingerprint density at radius 1 is 1.12 bits per heavy atom. The van der Waals surface area contributed by atoms with E-state index in [0.29, 0.717) is 42.2 Å². The molecular weight excluding hydrogens is 518 g/mol. The summed E-state index contributed by atoms with van der Waals surface area (Å²) in [6, 6.07) is 5.90. The van der Waals surface area contributed by atoms with E-state index in [9.17, 15) is 4.79 Å². The third-order valence-electron chi connectivity index (χ3n) is 7.11. The lowest BCUT2D eigenvalue weighted by molar-refractivity contribution is -0.111. The van der Waals surface area contributed by atoms with Gasteiger partial charge in [-0.15, -0.1) is 0 Å². The zero-order valence-corrected chi connectivity index (χ0v) is 25.4. The molecule has 0 bridgehead atoms.